The fourth-order valence-corrected chi connectivity index (χ4v) is 4.78. The topological polar surface area (TPSA) is 92.7 Å². The van der Waals surface area contributed by atoms with Gasteiger partial charge in [0.2, 0.25) is 0 Å². The fourth-order valence-electron chi connectivity index (χ4n) is 3.66. The average Bonchev–Trinajstić information content (AvgIpc) is 3.10. The molecule has 1 fully saturated rings. The van der Waals surface area contributed by atoms with E-state index in [0.29, 0.717) is 53.6 Å². The summed E-state index contributed by atoms with van der Waals surface area (Å²) in [6.45, 7) is 2.12. The number of aryl methyl sites for hydroxylation is 1. The lowest BCUT2D eigenvalue weighted by atomic mass is 9.87. The lowest BCUT2D eigenvalue weighted by Gasteiger charge is -2.26. The molecule has 1 aromatic heterocycles. The molecule has 2 aromatic rings. The molecule has 1 aromatic carbocycles. The van der Waals surface area contributed by atoms with Crippen LogP contribution in [-0.2, 0) is 4.79 Å². The summed E-state index contributed by atoms with van der Waals surface area (Å²) in [5, 5.41) is 11.8. The Labute approximate surface area is 194 Å². The maximum atomic E-state index is 14.5. The van der Waals surface area contributed by atoms with Gasteiger partial charge in [-0.1, -0.05) is 11.6 Å². The SMILES string of the molecule is Cc1cc(C(=O)NCCCC(=O)c2ccc(OC3CCC(C(=O)O)CC3)cc2F)sc1Cl. The highest BCUT2D eigenvalue weighted by Gasteiger charge is 2.27. The number of carbonyl (C=O) groups is 3. The molecule has 0 unspecified atom stereocenters. The number of thiophene rings is 1. The number of Topliss-reactive ketones (excluding diaryl/α,β-unsaturated/α-hetero) is 1. The van der Waals surface area contributed by atoms with Crippen LogP contribution in [0.4, 0.5) is 4.39 Å². The highest BCUT2D eigenvalue weighted by molar-refractivity contribution is 7.18. The van der Waals surface area contributed by atoms with Crippen LogP contribution in [0.25, 0.3) is 0 Å². The summed E-state index contributed by atoms with van der Waals surface area (Å²) in [6.07, 6.45) is 2.60. The molecule has 0 saturated heterocycles. The number of ketones is 1. The number of carbonyl (C=O) groups excluding carboxylic acids is 2. The monoisotopic (exact) mass is 481 g/mol. The third-order valence-electron chi connectivity index (χ3n) is 5.51. The Kier molecular flexibility index (Phi) is 8.26. The summed E-state index contributed by atoms with van der Waals surface area (Å²) in [7, 11) is 0. The molecule has 0 spiro atoms. The Bertz CT molecular complexity index is 981. The molecule has 1 amide bonds. The Morgan fingerprint density at radius 1 is 1.22 bits per heavy atom. The van der Waals surface area contributed by atoms with Crippen LogP contribution in [0.5, 0.6) is 5.75 Å². The van der Waals surface area contributed by atoms with Crippen molar-refractivity contribution in [3.05, 3.63) is 50.4 Å². The molecular weight excluding hydrogens is 457 g/mol. The maximum Gasteiger partial charge on any atom is 0.306 e. The molecule has 3 rings (SSSR count). The lowest BCUT2D eigenvalue weighted by Crippen LogP contribution is -2.27. The van der Waals surface area contributed by atoms with Crippen LogP contribution in [0.15, 0.2) is 24.3 Å². The van der Waals surface area contributed by atoms with Crippen LogP contribution >= 0.6 is 22.9 Å². The summed E-state index contributed by atoms with van der Waals surface area (Å²) in [5.74, 6) is -2.05. The molecule has 9 heteroatoms. The summed E-state index contributed by atoms with van der Waals surface area (Å²) >= 11 is 7.17. The molecule has 1 aliphatic rings. The third-order valence-corrected chi connectivity index (χ3v) is 7.07. The Balaban J connectivity index is 1.44. The summed E-state index contributed by atoms with van der Waals surface area (Å²) in [6, 6.07) is 5.88. The van der Waals surface area contributed by atoms with Gasteiger partial charge in [0.15, 0.2) is 5.78 Å². The quantitative estimate of drug-likeness (QED) is 0.376. The van der Waals surface area contributed by atoms with E-state index in [9.17, 15) is 18.8 Å². The second-order valence-corrected chi connectivity index (χ2v) is 9.58. The predicted octanol–water partition coefficient (Wildman–Crippen LogP) is 5.26. The van der Waals surface area contributed by atoms with Crippen molar-refractivity contribution >= 4 is 40.6 Å². The average molecular weight is 482 g/mol. The van der Waals surface area contributed by atoms with Gasteiger partial charge in [0.05, 0.1) is 26.8 Å². The number of hydrogen-bond acceptors (Lipinski definition) is 5. The van der Waals surface area contributed by atoms with Gasteiger partial charge < -0.3 is 15.2 Å². The van der Waals surface area contributed by atoms with Crippen molar-refractivity contribution in [2.45, 2.75) is 51.6 Å². The van der Waals surface area contributed by atoms with Gasteiger partial charge in [-0.25, -0.2) is 4.39 Å². The third kappa shape index (κ3) is 6.29. The zero-order chi connectivity index (χ0) is 23.3. The summed E-state index contributed by atoms with van der Waals surface area (Å²) < 4.78 is 20.8. The predicted molar refractivity (Wildman–Crippen MR) is 120 cm³/mol. The Morgan fingerprint density at radius 2 is 1.94 bits per heavy atom. The molecule has 172 valence electrons. The van der Waals surface area contributed by atoms with Gasteiger partial charge in [0, 0.05) is 19.0 Å². The van der Waals surface area contributed by atoms with Crippen LogP contribution in [0, 0.1) is 18.7 Å². The van der Waals surface area contributed by atoms with Gasteiger partial charge in [-0.3, -0.25) is 14.4 Å². The zero-order valence-electron chi connectivity index (χ0n) is 17.7. The van der Waals surface area contributed by atoms with Crippen LogP contribution in [0.2, 0.25) is 4.34 Å². The number of amides is 1. The fraction of sp³-hybridized carbons (Fsp3) is 0.435. The first kappa shape index (κ1) is 24.2. The van der Waals surface area contributed by atoms with E-state index in [2.05, 4.69) is 5.32 Å². The summed E-state index contributed by atoms with van der Waals surface area (Å²) in [4.78, 5) is 36.0. The van der Waals surface area contributed by atoms with Crippen molar-refractivity contribution in [1.29, 1.82) is 0 Å². The van der Waals surface area contributed by atoms with Gasteiger partial charge in [0.1, 0.15) is 11.6 Å². The van der Waals surface area contributed by atoms with Crippen LogP contribution in [0.3, 0.4) is 0 Å². The first-order valence-electron chi connectivity index (χ1n) is 10.5. The molecule has 0 bridgehead atoms. The van der Waals surface area contributed by atoms with E-state index in [1.54, 1.807) is 12.1 Å². The van der Waals surface area contributed by atoms with Crippen molar-refractivity contribution in [3.63, 3.8) is 0 Å². The number of rotatable bonds is 9. The van der Waals surface area contributed by atoms with Gasteiger partial charge in [0.25, 0.3) is 5.91 Å². The van der Waals surface area contributed by atoms with E-state index >= 15 is 0 Å². The number of ether oxygens (including phenoxy) is 1. The normalized spacial score (nSPS) is 18.2. The van der Waals surface area contributed by atoms with E-state index in [1.165, 1.54) is 23.5 Å². The van der Waals surface area contributed by atoms with Gasteiger partial charge in [-0.05, 0) is 62.8 Å². The van der Waals surface area contributed by atoms with Gasteiger partial charge in [-0.15, -0.1) is 11.3 Å². The maximum absolute atomic E-state index is 14.5. The molecule has 2 N–H and O–H groups in total. The van der Waals surface area contributed by atoms with Crippen molar-refractivity contribution in [2.24, 2.45) is 5.92 Å². The molecule has 32 heavy (non-hydrogen) atoms. The number of halogens is 2. The summed E-state index contributed by atoms with van der Waals surface area (Å²) in [5.41, 5.74) is 0.826. The molecule has 0 radical (unpaired) electrons. The van der Waals surface area contributed by atoms with E-state index in [4.69, 9.17) is 21.4 Å². The minimum atomic E-state index is -0.789. The van der Waals surface area contributed by atoms with Crippen molar-refractivity contribution < 1.29 is 28.6 Å². The van der Waals surface area contributed by atoms with E-state index in [0.717, 1.165) is 5.56 Å². The lowest BCUT2D eigenvalue weighted by molar-refractivity contribution is -0.143. The Morgan fingerprint density at radius 3 is 2.53 bits per heavy atom. The van der Waals surface area contributed by atoms with Crippen molar-refractivity contribution in [2.75, 3.05) is 6.54 Å². The zero-order valence-corrected chi connectivity index (χ0v) is 19.2. The number of carboxylic acid groups (broad SMARTS) is 1. The number of aliphatic carboxylic acids is 1. The molecular formula is C23H25ClFNO5S. The number of nitrogens with one attached hydrogen (secondary N) is 1. The van der Waals surface area contributed by atoms with Gasteiger partial charge in [-0.2, -0.15) is 0 Å². The second kappa shape index (κ2) is 10.9. The first-order chi connectivity index (χ1) is 15.2. The van der Waals surface area contributed by atoms with Crippen LogP contribution in [0.1, 0.15) is 64.1 Å². The smallest absolute Gasteiger partial charge is 0.306 e. The molecule has 0 aliphatic heterocycles. The standard InChI is InChI=1S/C23H25ClFNO5S/c1-13-11-20(32-21(13)24)22(28)26-10-2-3-19(27)17-9-8-16(12-18(17)25)31-15-6-4-14(5-7-15)23(29)30/h8-9,11-12,14-15H,2-7,10H2,1H3,(H,26,28)(H,29,30). The first-order valence-corrected chi connectivity index (χ1v) is 11.7. The van der Waals surface area contributed by atoms with Crippen LogP contribution < -0.4 is 10.1 Å². The molecule has 6 nitrogen and oxygen atoms in total. The minimum absolute atomic E-state index is 0.0149. The molecule has 0 atom stereocenters. The minimum Gasteiger partial charge on any atom is -0.490 e. The van der Waals surface area contributed by atoms with E-state index in [1.807, 2.05) is 6.92 Å². The number of benzene rings is 1. The second-order valence-electron chi connectivity index (χ2n) is 7.92. The van der Waals surface area contributed by atoms with E-state index in [-0.39, 0.29) is 35.7 Å². The van der Waals surface area contributed by atoms with Crippen molar-refractivity contribution in [1.82, 2.24) is 5.32 Å². The number of hydrogen-bond donors (Lipinski definition) is 2. The molecule has 1 heterocycles. The molecule has 1 aliphatic carbocycles. The van der Waals surface area contributed by atoms with Crippen LogP contribution in [-0.4, -0.2) is 35.4 Å². The van der Waals surface area contributed by atoms with E-state index < -0.39 is 11.8 Å². The largest absolute Gasteiger partial charge is 0.490 e. The highest BCUT2D eigenvalue weighted by Crippen LogP contribution is 2.29. The van der Waals surface area contributed by atoms with Crippen molar-refractivity contribution in [3.8, 4) is 5.75 Å². The highest BCUT2D eigenvalue weighted by atomic mass is 35.5. The van der Waals surface area contributed by atoms with Gasteiger partial charge >= 0.3 is 5.97 Å². The molecule has 1 saturated carbocycles. The Hall–Kier alpha value is -2.45. The number of carboxylic acids is 1.